The molecule has 3 saturated heterocycles. The molecular weight excluding hydrogens is 726 g/mol. The summed E-state index contributed by atoms with van der Waals surface area (Å²) >= 11 is 8.41. The number of fused-ring (bicyclic) bond motifs is 3. The van der Waals surface area contributed by atoms with Crippen LogP contribution in [0.5, 0.6) is 11.5 Å². The highest BCUT2D eigenvalue weighted by molar-refractivity contribution is 8.00. The van der Waals surface area contributed by atoms with E-state index in [2.05, 4.69) is 27.8 Å². The van der Waals surface area contributed by atoms with Gasteiger partial charge in [0.1, 0.15) is 23.7 Å². The van der Waals surface area contributed by atoms with Crippen molar-refractivity contribution in [2.45, 2.75) is 74.7 Å². The molecule has 16 nitrogen and oxygen atoms in total. The summed E-state index contributed by atoms with van der Waals surface area (Å²) in [5.41, 5.74) is 4.92. The second-order valence-electron chi connectivity index (χ2n) is 13.7. The molecule has 51 heavy (non-hydrogen) atoms. The summed E-state index contributed by atoms with van der Waals surface area (Å²) < 4.78 is 0.654. The van der Waals surface area contributed by atoms with Crippen LogP contribution in [0.2, 0.25) is 5.02 Å². The highest BCUT2D eigenvalue weighted by Gasteiger charge is 2.56. The number of aromatic hydroxyl groups is 2. The Morgan fingerprint density at radius 2 is 1.90 bits per heavy atom. The van der Waals surface area contributed by atoms with Gasteiger partial charge in [0.15, 0.2) is 28.6 Å². The van der Waals surface area contributed by atoms with Crippen LogP contribution in [-0.4, -0.2) is 120 Å². The largest absolute Gasteiger partial charge is 0.504 e. The highest BCUT2D eigenvalue weighted by Crippen LogP contribution is 2.45. The number of carboxylic acid groups (broad SMARTS) is 1. The van der Waals surface area contributed by atoms with Gasteiger partial charge in [0.25, 0.3) is 17.7 Å². The molecule has 0 aliphatic carbocycles. The normalized spacial score (nSPS) is 27.4. The van der Waals surface area contributed by atoms with Gasteiger partial charge >= 0.3 is 5.97 Å². The van der Waals surface area contributed by atoms with Crippen LogP contribution < -0.4 is 16.4 Å². The van der Waals surface area contributed by atoms with Crippen LogP contribution in [0.25, 0.3) is 0 Å². The maximum Gasteiger partial charge on any atom is 0.350 e. The number of hydrogen-bond donors (Lipinski definition) is 6. The minimum absolute atomic E-state index is 0.0471. The number of oxime groups is 1. The van der Waals surface area contributed by atoms with Crippen LogP contribution >= 0.6 is 34.7 Å². The van der Waals surface area contributed by atoms with Gasteiger partial charge in [-0.15, -0.1) is 23.1 Å². The standard InChI is InChI=1S/C32H36ClN7O9S2/c1-32(2,30(47)48)49-38-23(20-13-51-31(34)36-20)27(45)37-24-28(46)39-21(11-41)15(12-50-29(24)39)10-40(3)17-4-5-18(40)9-16(8-17)35-26(44)14-6-19(33)25(43)22(42)7-14/h6-7,11,13,16-18,24,29H,4-5,8-10,12H2,1-3H3,(H6-,34,35,36,37,38,42,43,44,45,47,48)/p+1/t16?,17-,18+,24-,29-,40?/m1/s1. The summed E-state index contributed by atoms with van der Waals surface area (Å²) in [5.74, 6) is -3.53. The Morgan fingerprint density at radius 3 is 2.49 bits per heavy atom. The van der Waals surface area contributed by atoms with E-state index in [-0.39, 0.29) is 50.9 Å². The first-order chi connectivity index (χ1) is 24.0. The number of allylic oxidation sites excluding steroid dienone is 1. The van der Waals surface area contributed by atoms with Crippen LogP contribution in [0, 0.1) is 0 Å². The van der Waals surface area contributed by atoms with Crippen molar-refractivity contribution in [1.29, 1.82) is 0 Å². The zero-order valence-electron chi connectivity index (χ0n) is 27.8. The summed E-state index contributed by atoms with van der Waals surface area (Å²) in [6.07, 6.45) is 3.92. The van der Waals surface area contributed by atoms with E-state index >= 15 is 0 Å². The number of phenolic OH excluding ortho intramolecular Hbond substituents is 2. The predicted molar refractivity (Wildman–Crippen MR) is 187 cm³/mol. The van der Waals surface area contributed by atoms with E-state index in [1.807, 2.05) is 0 Å². The van der Waals surface area contributed by atoms with E-state index in [1.54, 1.807) is 0 Å². The Balaban J connectivity index is 1.13. The Kier molecular flexibility index (Phi) is 9.73. The Hall–Kier alpha value is -4.39. The number of likely N-dealkylation sites (N-methyl/N-ethyl adjacent to an activating group) is 1. The number of nitrogens with zero attached hydrogens (tertiary/aromatic N) is 4. The third-order valence-corrected chi connectivity index (χ3v) is 12.4. The van der Waals surface area contributed by atoms with Crippen molar-refractivity contribution in [2.75, 3.05) is 25.1 Å². The van der Waals surface area contributed by atoms with Gasteiger partial charge in [-0.2, -0.15) is 0 Å². The molecule has 0 saturated carbocycles. The molecule has 7 N–H and O–H groups in total. The van der Waals surface area contributed by atoms with Crippen LogP contribution in [0.15, 0.2) is 33.9 Å². The summed E-state index contributed by atoms with van der Waals surface area (Å²) in [4.78, 5) is 74.6. The van der Waals surface area contributed by atoms with E-state index in [1.165, 1.54) is 48.0 Å². The van der Waals surface area contributed by atoms with Gasteiger partial charge in [0.05, 0.1) is 29.9 Å². The number of benzene rings is 1. The number of hydrogen-bond acceptors (Lipinski definition) is 13. The zero-order valence-corrected chi connectivity index (χ0v) is 30.2. The van der Waals surface area contributed by atoms with Gasteiger partial charge in [-0.25, -0.2) is 9.78 Å². The van der Waals surface area contributed by atoms with Crippen molar-refractivity contribution < 1.29 is 48.6 Å². The second-order valence-corrected chi connectivity index (χ2v) is 16.1. The lowest BCUT2D eigenvalue weighted by Crippen LogP contribution is -2.71. The molecule has 1 aromatic carbocycles. The van der Waals surface area contributed by atoms with E-state index < -0.39 is 52.2 Å². The molecule has 5 heterocycles. The monoisotopic (exact) mass is 762 g/mol. The molecule has 3 fully saturated rings. The molecule has 0 spiro atoms. The molecule has 1 aromatic heterocycles. The Labute approximate surface area is 305 Å². The number of thioether (sulfide) groups is 1. The van der Waals surface area contributed by atoms with Crippen molar-refractivity contribution in [3.8, 4) is 11.5 Å². The van der Waals surface area contributed by atoms with E-state index in [0.717, 1.165) is 29.8 Å². The Bertz CT molecular complexity index is 1840. The molecule has 4 aliphatic rings. The lowest BCUT2D eigenvalue weighted by Gasteiger charge is -2.52. The number of piperidine rings is 1. The molecule has 2 unspecified atom stereocenters. The zero-order chi connectivity index (χ0) is 37.0. The number of carbonyl (C=O) groups excluding carboxylic acids is 4. The number of carbonyl (C=O) groups is 5. The first kappa shape index (κ1) is 36.4. The van der Waals surface area contributed by atoms with E-state index in [4.69, 9.17) is 22.2 Å². The fourth-order valence-electron chi connectivity index (χ4n) is 7.24. The summed E-state index contributed by atoms with van der Waals surface area (Å²) in [5, 5.41) is 39.5. The number of nitrogens with one attached hydrogen (secondary N) is 2. The SMILES string of the molecule is CC(C)(O/N=C(\C(=O)N[C@@H]1C(=O)N2C(C=O)=C(C[N+]3(C)[C@@H]4CC[C@H]3CC(NC(=O)c3cc(O)c(O)c(Cl)c3)C4)CS[C@H]12)c1csc(N)n1)C(=O)O. The Morgan fingerprint density at radius 1 is 1.22 bits per heavy atom. The number of halogens is 1. The summed E-state index contributed by atoms with van der Waals surface area (Å²) in [6, 6.07) is 1.72. The fraction of sp³-hybridized carbons (Fsp3) is 0.469. The summed E-state index contributed by atoms with van der Waals surface area (Å²) in [6.45, 7) is 3.06. The lowest BCUT2D eigenvalue weighted by atomic mass is 9.93. The van der Waals surface area contributed by atoms with Crippen LogP contribution in [0.3, 0.4) is 0 Å². The van der Waals surface area contributed by atoms with E-state index in [9.17, 15) is 39.3 Å². The number of amides is 3. The molecule has 19 heteroatoms. The number of nitrogen functional groups attached to an aromatic ring is 1. The number of β-lactam (4-membered cyclic amide) rings is 1. The number of aromatic nitrogens is 1. The first-order valence-electron chi connectivity index (χ1n) is 16.0. The minimum atomic E-state index is -1.76. The number of carboxylic acids is 1. The van der Waals surface area contributed by atoms with Gasteiger partial charge in [-0.3, -0.25) is 24.1 Å². The quantitative estimate of drug-likeness (QED) is 0.0481. The molecule has 2 bridgehead atoms. The molecular formula is C32H37ClN7O9S2+. The minimum Gasteiger partial charge on any atom is -0.504 e. The van der Waals surface area contributed by atoms with Gasteiger partial charge in [-0.05, 0) is 26.0 Å². The molecule has 272 valence electrons. The number of aldehydes is 1. The van der Waals surface area contributed by atoms with Crippen LogP contribution in [-0.2, 0) is 24.0 Å². The maximum atomic E-state index is 13.5. The number of phenols is 2. The van der Waals surface area contributed by atoms with Crippen molar-refractivity contribution in [2.24, 2.45) is 5.16 Å². The number of thiazole rings is 1. The van der Waals surface area contributed by atoms with Crippen molar-refractivity contribution in [3.05, 3.63) is 45.1 Å². The van der Waals surface area contributed by atoms with Crippen molar-refractivity contribution in [3.63, 3.8) is 0 Å². The maximum absolute atomic E-state index is 13.5. The van der Waals surface area contributed by atoms with Gasteiger partial charge < -0.3 is 41.0 Å². The topological polar surface area (TPSA) is 234 Å². The number of aliphatic carboxylic acids is 1. The van der Waals surface area contributed by atoms with Gasteiger partial charge in [0, 0.05) is 54.0 Å². The average Bonchev–Trinajstić information content (AvgIpc) is 3.54. The van der Waals surface area contributed by atoms with Crippen molar-refractivity contribution in [1.82, 2.24) is 20.5 Å². The number of quaternary nitrogens is 1. The molecule has 6 atom stereocenters. The fourth-order valence-corrected chi connectivity index (χ4v) is 9.36. The molecule has 6 rings (SSSR count). The van der Waals surface area contributed by atoms with Gasteiger partial charge in [0.2, 0.25) is 5.60 Å². The molecule has 4 aliphatic heterocycles. The lowest BCUT2D eigenvalue weighted by molar-refractivity contribution is -0.944. The van der Waals surface area contributed by atoms with E-state index in [0.29, 0.717) is 35.9 Å². The highest BCUT2D eigenvalue weighted by atomic mass is 35.5. The smallest absolute Gasteiger partial charge is 0.350 e. The van der Waals surface area contributed by atoms with Crippen LogP contribution in [0.4, 0.5) is 5.13 Å². The first-order valence-corrected chi connectivity index (χ1v) is 18.4. The summed E-state index contributed by atoms with van der Waals surface area (Å²) in [7, 11) is 2.14. The molecule has 3 amide bonds. The average molecular weight is 763 g/mol. The van der Waals surface area contributed by atoms with Gasteiger partial charge in [-0.1, -0.05) is 16.8 Å². The van der Waals surface area contributed by atoms with Crippen LogP contribution in [0.1, 0.15) is 55.6 Å². The third-order valence-electron chi connectivity index (χ3n) is 10.1. The number of anilines is 1. The second kappa shape index (κ2) is 13.6. The predicted octanol–water partition coefficient (Wildman–Crippen LogP) is 1.80. The van der Waals surface area contributed by atoms with Crippen molar-refractivity contribution >= 4 is 75.5 Å². The molecule has 0 radical (unpaired) electrons. The number of nitrogens with two attached hydrogens (primary N) is 1. The molecule has 2 aromatic rings. The number of rotatable bonds is 11. The third kappa shape index (κ3) is 6.72.